The number of amides is 2. The Morgan fingerprint density at radius 3 is 2.41 bits per heavy atom. The average molecular weight is 499 g/mol. The van der Waals surface area contributed by atoms with E-state index in [1.165, 1.54) is 11.8 Å². The first-order valence-electron chi connectivity index (χ1n) is 11.9. The van der Waals surface area contributed by atoms with Crippen molar-refractivity contribution < 1.29 is 29.0 Å². The highest BCUT2D eigenvalue weighted by Crippen LogP contribution is 2.43. The summed E-state index contributed by atoms with van der Waals surface area (Å²) in [5.74, 6) is -0.648. The summed E-state index contributed by atoms with van der Waals surface area (Å²) < 4.78 is 11.0. The van der Waals surface area contributed by atoms with Crippen LogP contribution in [0.15, 0.2) is 72.3 Å². The van der Waals surface area contributed by atoms with Crippen LogP contribution in [0.3, 0.4) is 0 Å². The fraction of sp³-hybridized carbons (Fsp3) is 0.207. The normalized spacial score (nSPS) is 19.9. The lowest BCUT2D eigenvalue weighted by Crippen LogP contribution is -2.29. The summed E-state index contributed by atoms with van der Waals surface area (Å²) >= 11 is 0. The van der Waals surface area contributed by atoms with Gasteiger partial charge < -0.3 is 19.9 Å². The first-order valence-corrected chi connectivity index (χ1v) is 11.9. The van der Waals surface area contributed by atoms with Gasteiger partial charge in [-0.2, -0.15) is 0 Å². The number of ketones is 1. The van der Waals surface area contributed by atoms with Crippen LogP contribution in [0.1, 0.15) is 36.6 Å². The third-order valence-electron chi connectivity index (χ3n) is 6.51. The maximum atomic E-state index is 13.4. The summed E-state index contributed by atoms with van der Waals surface area (Å²) in [5.41, 5.74) is 3.00. The summed E-state index contributed by atoms with van der Waals surface area (Å²) in [6, 6.07) is 18.0. The van der Waals surface area contributed by atoms with Crippen molar-refractivity contribution in [1.29, 1.82) is 0 Å². The predicted octanol–water partition coefficient (Wildman–Crippen LogP) is 4.60. The maximum Gasteiger partial charge on any atom is 0.300 e. The molecule has 2 N–H and O–H groups in total. The number of ether oxygens (including phenoxy) is 2. The van der Waals surface area contributed by atoms with Crippen molar-refractivity contribution in [2.24, 2.45) is 0 Å². The molecular weight excluding hydrogens is 472 g/mol. The Morgan fingerprint density at radius 1 is 1.05 bits per heavy atom. The van der Waals surface area contributed by atoms with Gasteiger partial charge in [-0.1, -0.05) is 12.1 Å². The molecule has 188 valence electrons. The van der Waals surface area contributed by atoms with E-state index in [0.29, 0.717) is 34.7 Å². The number of fused-ring (bicyclic) bond motifs is 1. The van der Waals surface area contributed by atoms with E-state index in [0.717, 1.165) is 11.3 Å². The van der Waals surface area contributed by atoms with Gasteiger partial charge in [0.2, 0.25) is 5.91 Å². The Kier molecular flexibility index (Phi) is 6.17. The number of carbonyl (C=O) groups excluding carboxylic acids is 3. The molecule has 1 fully saturated rings. The molecule has 2 unspecified atom stereocenters. The Hall–Kier alpha value is -4.59. The van der Waals surface area contributed by atoms with E-state index < -0.39 is 17.7 Å². The number of rotatable bonds is 5. The maximum absolute atomic E-state index is 13.4. The zero-order chi connectivity index (χ0) is 26.3. The van der Waals surface area contributed by atoms with Crippen LogP contribution in [0.5, 0.6) is 11.5 Å². The number of anilines is 2. The van der Waals surface area contributed by atoms with Gasteiger partial charge in [-0.05, 0) is 72.6 Å². The molecule has 0 saturated carbocycles. The monoisotopic (exact) mass is 498 g/mol. The van der Waals surface area contributed by atoms with Crippen LogP contribution in [0.2, 0.25) is 0 Å². The highest BCUT2D eigenvalue weighted by molar-refractivity contribution is 6.51. The number of nitrogens with one attached hydrogen (secondary N) is 1. The fourth-order valence-corrected chi connectivity index (χ4v) is 4.83. The Balaban J connectivity index is 1.63. The third kappa shape index (κ3) is 4.42. The van der Waals surface area contributed by atoms with Crippen LogP contribution in [0.4, 0.5) is 11.4 Å². The van der Waals surface area contributed by atoms with Crippen molar-refractivity contribution in [1.82, 2.24) is 0 Å². The minimum atomic E-state index is -0.874. The van der Waals surface area contributed by atoms with Crippen LogP contribution < -0.4 is 19.7 Å². The zero-order valence-corrected chi connectivity index (χ0v) is 20.6. The van der Waals surface area contributed by atoms with E-state index in [1.807, 2.05) is 6.92 Å². The number of Topliss-reactive ketones (excluding diaryl/α,β-unsaturated/α-hetero) is 1. The molecule has 3 aromatic rings. The Morgan fingerprint density at radius 2 is 1.76 bits per heavy atom. The first kappa shape index (κ1) is 24.1. The second kappa shape index (κ2) is 9.46. The lowest BCUT2D eigenvalue weighted by atomic mass is 9.94. The van der Waals surface area contributed by atoms with Gasteiger partial charge in [0.05, 0.1) is 18.7 Å². The zero-order valence-electron chi connectivity index (χ0n) is 20.6. The number of nitrogens with zero attached hydrogens (tertiary/aromatic N) is 1. The SMILES string of the molecule is COc1ccc(C2/C(=C(/O)c3ccc4c(c3)CC(C)O4)C(=O)C(=O)N2c2ccc(NC(C)=O)cc2)cc1. The van der Waals surface area contributed by atoms with Crippen molar-refractivity contribution in [3.05, 3.63) is 89.0 Å². The standard InChI is InChI=1S/C29H26N2O6/c1-16-14-20-15-19(6-13-24(20)37-16)27(33)25-26(18-4-11-23(36-3)12-5-18)31(29(35)28(25)34)22-9-7-21(8-10-22)30-17(2)32/h4-13,15-16,26,33H,14H2,1-3H3,(H,30,32)/b27-25-. The summed E-state index contributed by atoms with van der Waals surface area (Å²) in [4.78, 5) is 39.5. The van der Waals surface area contributed by atoms with E-state index in [-0.39, 0.29) is 23.3 Å². The van der Waals surface area contributed by atoms with Gasteiger partial charge in [0.1, 0.15) is 23.4 Å². The number of methoxy groups -OCH3 is 1. The summed E-state index contributed by atoms with van der Waals surface area (Å²) in [5, 5.41) is 14.1. The molecular formula is C29H26N2O6. The molecule has 0 spiro atoms. The molecule has 8 heteroatoms. The fourth-order valence-electron chi connectivity index (χ4n) is 4.83. The third-order valence-corrected chi connectivity index (χ3v) is 6.51. The molecule has 0 aromatic heterocycles. The number of benzene rings is 3. The molecule has 37 heavy (non-hydrogen) atoms. The van der Waals surface area contributed by atoms with Gasteiger partial charge in [-0.15, -0.1) is 0 Å². The molecule has 2 aliphatic heterocycles. The van der Waals surface area contributed by atoms with Crippen LogP contribution >= 0.6 is 0 Å². The van der Waals surface area contributed by atoms with Gasteiger partial charge in [0.25, 0.3) is 11.7 Å². The Bertz CT molecular complexity index is 1430. The molecule has 0 aliphatic carbocycles. The van der Waals surface area contributed by atoms with Crippen LogP contribution in [-0.4, -0.2) is 35.9 Å². The van der Waals surface area contributed by atoms with E-state index in [1.54, 1.807) is 73.8 Å². The number of aliphatic hydroxyl groups excluding tert-OH is 1. The number of hydrogen-bond donors (Lipinski definition) is 2. The van der Waals surface area contributed by atoms with Gasteiger partial charge in [-0.25, -0.2) is 0 Å². The lowest BCUT2D eigenvalue weighted by Gasteiger charge is -2.26. The molecule has 8 nitrogen and oxygen atoms in total. The second-order valence-electron chi connectivity index (χ2n) is 9.13. The van der Waals surface area contributed by atoms with Gasteiger partial charge >= 0.3 is 0 Å². The molecule has 3 aromatic carbocycles. The summed E-state index contributed by atoms with van der Waals surface area (Å²) in [6.07, 6.45) is 0.714. The molecule has 5 rings (SSSR count). The molecule has 2 amide bonds. The largest absolute Gasteiger partial charge is 0.507 e. The van der Waals surface area contributed by atoms with E-state index >= 15 is 0 Å². The minimum absolute atomic E-state index is 0.00646. The van der Waals surface area contributed by atoms with Crippen molar-refractivity contribution in [2.45, 2.75) is 32.4 Å². The second-order valence-corrected chi connectivity index (χ2v) is 9.13. The van der Waals surface area contributed by atoms with Crippen molar-refractivity contribution in [3.8, 4) is 11.5 Å². The average Bonchev–Trinajstić information content (AvgIpc) is 3.39. The van der Waals surface area contributed by atoms with Crippen LogP contribution in [0.25, 0.3) is 5.76 Å². The van der Waals surface area contributed by atoms with Gasteiger partial charge in [-0.3, -0.25) is 19.3 Å². The molecule has 0 bridgehead atoms. The lowest BCUT2D eigenvalue weighted by molar-refractivity contribution is -0.132. The van der Waals surface area contributed by atoms with Crippen LogP contribution in [0, 0.1) is 0 Å². The van der Waals surface area contributed by atoms with E-state index in [9.17, 15) is 19.5 Å². The topological polar surface area (TPSA) is 105 Å². The number of hydrogen-bond acceptors (Lipinski definition) is 6. The van der Waals surface area contributed by atoms with Crippen molar-refractivity contribution in [2.75, 3.05) is 17.3 Å². The van der Waals surface area contributed by atoms with Crippen LogP contribution in [-0.2, 0) is 20.8 Å². The highest BCUT2D eigenvalue weighted by atomic mass is 16.5. The number of aliphatic hydroxyl groups is 1. The Labute approximate surface area is 214 Å². The van der Waals surface area contributed by atoms with Crippen molar-refractivity contribution in [3.63, 3.8) is 0 Å². The summed E-state index contributed by atoms with van der Waals surface area (Å²) in [6.45, 7) is 3.37. The van der Waals surface area contributed by atoms with Gasteiger partial charge in [0, 0.05) is 30.3 Å². The quantitative estimate of drug-likeness (QED) is 0.303. The smallest absolute Gasteiger partial charge is 0.300 e. The minimum Gasteiger partial charge on any atom is -0.507 e. The molecule has 1 saturated heterocycles. The predicted molar refractivity (Wildman–Crippen MR) is 139 cm³/mol. The molecule has 2 aliphatic rings. The highest BCUT2D eigenvalue weighted by Gasteiger charge is 2.47. The molecule has 2 atom stereocenters. The number of carbonyl (C=O) groups is 3. The molecule has 0 radical (unpaired) electrons. The first-order chi connectivity index (χ1) is 17.8. The summed E-state index contributed by atoms with van der Waals surface area (Å²) in [7, 11) is 1.55. The van der Waals surface area contributed by atoms with E-state index in [4.69, 9.17) is 9.47 Å². The molecule has 2 heterocycles. The van der Waals surface area contributed by atoms with Gasteiger partial charge in [0.15, 0.2) is 0 Å². The van der Waals surface area contributed by atoms with Crippen molar-refractivity contribution >= 4 is 34.7 Å². The van der Waals surface area contributed by atoms with E-state index in [2.05, 4.69) is 5.32 Å².